The quantitative estimate of drug-likeness (QED) is 0.582. The summed E-state index contributed by atoms with van der Waals surface area (Å²) in [6.45, 7) is 12.8. The maximum absolute atomic E-state index is 13.2. The summed E-state index contributed by atoms with van der Waals surface area (Å²) in [5, 5.41) is 6.61. The van der Waals surface area contributed by atoms with Crippen molar-refractivity contribution >= 4 is 5.96 Å². The molecule has 2 rings (SSSR count). The van der Waals surface area contributed by atoms with E-state index in [1.807, 2.05) is 6.07 Å². The van der Waals surface area contributed by atoms with Crippen LogP contribution in [0.3, 0.4) is 0 Å². The SMILES string of the molecule is CCN1CCN(CC(C)CNC(=NC)NCc2cccc(F)c2)CC1. The molecule has 0 bridgehead atoms. The minimum Gasteiger partial charge on any atom is -0.356 e. The number of aliphatic imine (C=N–C) groups is 1. The molecule has 1 aromatic carbocycles. The molecule has 1 atom stereocenters. The maximum atomic E-state index is 13.2. The van der Waals surface area contributed by atoms with Crippen LogP contribution >= 0.6 is 0 Å². The van der Waals surface area contributed by atoms with Gasteiger partial charge in [-0.05, 0) is 30.2 Å². The Hall–Kier alpha value is -1.66. The van der Waals surface area contributed by atoms with Crippen molar-refractivity contribution in [3.63, 3.8) is 0 Å². The Labute approximate surface area is 151 Å². The zero-order chi connectivity index (χ0) is 18.1. The monoisotopic (exact) mass is 349 g/mol. The highest BCUT2D eigenvalue weighted by molar-refractivity contribution is 5.79. The first-order valence-corrected chi connectivity index (χ1v) is 9.24. The van der Waals surface area contributed by atoms with Gasteiger partial charge in [-0.25, -0.2) is 4.39 Å². The van der Waals surface area contributed by atoms with E-state index in [0.29, 0.717) is 12.5 Å². The van der Waals surface area contributed by atoms with Crippen LogP contribution in [0.15, 0.2) is 29.3 Å². The zero-order valence-electron chi connectivity index (χ0n) is 15.8. The molecule has 2 N–H and O–H groups in total. The molecule has 1 aromatic rings. The largest absolute Gasteiger partial charge is 0.356 e. The van der Waals surface area contributed by atoms with Gasteiger partial charge in [0.25, 0.3) is 0 Å². The van der Waals surface area contributed by atoms with E-state index in [1.165, 1.54) is 19.2 Å². The average molecular weight is 349 g/mol. The number of nitrogens with one attached hydrogen (secondary N) is 2. The minimum atomic E-state index is -0.209. The van der Waals surface area contributed by atoms with E-state index >= 15 is 0 Å². The molecule has 0 saturated carbocycles. The Bertz CT molecular complexity index is 540. The van der Waals surface area contributed by atoms with Gasteiger partial charge in [0.1, 0.15) is 5.82 Å². The van der Waals surface area contributed by atoms with Crippen molar-refractivity contribution in [3.8, 4) is 0 Å². The average Bonchev–Trinajstić information content (AvgIpc) is 2.62. The third-order valence-corrected chi connectivity index (χ3v) is 4.67. The van der Waals surface area contributed by atoms with Gasteiger partial charge in [-0.3, -0.25) is 4.99 Å². The first-order valence-electron chi connectivity index (χ1n) is 9.24. The molecule has 1 unspecified atom stereocenters. The second kappa shape index (κ2) is 10.4. The van der Waals surface area contributed by atoms with Crippen LogP contribution in [0.5, 0.6) is 0 Å². The van der Waals surface area contributed by atoms with Crippen molar-refractivity contribution in [2.45, 2.75) is 20.4 Å². The number of piperazine rings is 1. The summed E-state index contributed by atoms with van der Waals surface area (Å²) in [6, 6.07) is 6.63. The number of hydrogen-bond donors (Lipinski definition) is 2. The van der Waals surface area contributed by atoms with Crippen LogP contribution < -0.4 is 10.6 Å². The molecule has 0 aliphatic carbocycles. The summed E-state index contributed by atoms with van der Waals surface area (Å²) in [6.07, 6.45) is 0. The highest BCUT2D eigenvalue weighted by Crippen LogP contribution is 2.05. The first-order chi connectivity index (χ1) is 12.1. The van der Waals surface area contributed by atoms with E-state index in [-0.39, 0.29) is 5.82 Å². The number of likely N-dealkylation sites (N-methyl/N-ethyl adjacent to an activating group) is 1. The van der Waals surface area contributed by atoms with Gasteiger partial charge in [0, 0.05) is 52.9 Å². The zero-order valence-corrected chi connectivity index (χ0v) is 15.8. The normalized spacial score (nSPS) is 18.2. The third-order valence-electron chi connectivity index (χ3n) is 4.67. The topological polar surface area (TPSA) is 42.9 Å². The lowest BCUT2D eigenvalue weighted by atomic mass is 10.1. The number of guanidine groups is 1. The van der Waals surface area contributed by atoms with E-state index < -0.39 is 0 Å². The van der Waals surface area contributed by atoms with Crippen LogP contribution in [0.2, 0.25) is 0 Å². The molecule has 1 fully saturated rings. The van der Waals surface area contributed by atoms with Gasteiger partial charge in [0.2, 0.25) is 0 Å². The molecule has 1 saturated heterocycles. The van der Waals surface area contributed by atoms with Gasteiger partial charge in [0.05, 0.1) is 0 Å². The van der Waals surface area contributed by atoms with Crippen LogP contribution in [0.4, 0.5) is 4.39 Å². The van der Waals surface area contributed by atoms with Gasteiger partial charge in [-0.2, -0.15) is 0 Å². The van der Waals surface area contributed by atoms with Crippen molar-refractivity contribution in [2.24, 2.45) is 10.9 Å². The van der Waals surface area contributed by atoms with Gasteiger partial charge in [-0.15, -0.1) is 0 Å². The van der Waals surface area contributed by atoms with Crippen LogP contribution in [-0.2, 0) is 6.54 Å². The predicted molar refractivity (Wildman–Crippen MR) is 102 cm³/mol. The molecule has 0 aromatic heterocycles. The molecule has 140 valence electrons. The fourth-order valence-corrected chi connectivity index (χ4v) is 3.12. The Morgan fingerprint density at radius 2 is 1.92 bits per heavy atom. The van der Waals surface area contributed by atoms with E-state index in [0.717, 1.165) is 44.2 Å². The maximum Gasteiger partial charge on any atom is 0.191 e. The molecule has 1 aliphatic heterocycles. The minimum absolute atomic E-state index is 0.209. The predicted octanol–water partition coefficient (Wildman–Crippen LogP) is 1.76. The number of hydrogen-bond acceptors (Lipinski definition) is 3. The number of halogens is 1. The standard InChI is InChI=1S/C19H32FN5/c1-4-24-8-10-25(11-9-24)15-16(2)13-22-19(21-3)23-14-17-6-5-7-18(20)12-17/h5-7,12,16H,4,8-11,13-15H2,1-3H3,(H2,21,22,23). The summed E-state index contributed by atoms with van der Waals surface area (Å²) in [5.41, 5.74) is 0.907. The molecule has 0 radical (unpaired) electrons. The van der Waals surface area contributed by atoms with Crippen LogP contribution in [-0.4, -0.2) is 68.6 Å². The molecular weight excluding hydrogens is 317 g/mol. The van der Waals surface area contributed by atoms with E-state index in [1.54, 1.807) is 19.2 Å². The Morgan fingerprint density at radius 1 is 1.20 bits per heavy atom. The molecule has 5 nitrogen and oxygen atoms in total. The lowest BCUT2D eigenvalue weighted by Crippen LogP contribution is -2.48. The van der Waals surface area contributed by atoms with Crippen LogP contribution in [0.1, 0.15) is 19.4 Å². The smallest absolute Gasteiger partial charge is 0.191 e. The first kappa shape index (κ1) is 19.7. The lowest BCUT2D eigenvalue weighted by molar-refractivity contribution is 0.124. The molecule has 1 heterocycles. The summed E-state index contributed by atoms with van der Waals surface area (Å²) < 4.78 is 13.2. The molecule has 0 spiro atoms. The van der Waals surface area contributed by atoms with Crippen molar-refractivity contribution in [3.05, 3.63) is 35.6 Å². The van der Waals surface area contributed by atoms with E-state index in [2.05, 4.69) is 39.3 Å². The summed E-state index contributed by atoms with van der Waals surface area (Å²) in [4.78, 5) is 9.29. The summed E-state index contributed by atoms with van der Waals surface area (Å²) in [7, 11) is 1.76. The highest BCUT2D eigenvalue weighted by Gasteiger charge is 2.17. The third kappa shape index (κ3) is 7.00. The Balaban J connectivity index is 1.67. The van der Waals surface area contributed by atoms with E-state index in [9.17, 15) is 4.39 Å². The molecule has 0 amide bonds. The van der Waals surface area contributed by atoms with Crippen LogP contribution in [0.25, 0.3) is 0 Å². The number of rotatable bonds is 7. The molecule has 25 heavy (non-hydrogen) atoms. The van der Waals surface area contributed by atoms with Crippen molar-refractivity contribution in [1.29, 1.82) is 0 Å². The van der Waals surface area contributed by atoms with Crippen molar-refractivity contribution < 1.29 is 4.39 Å². The Kier molecular flexibility index (Phi) is 8.15. The second-order valence-electron chi connectivity index (χ2n) is 6.78. The van der Waals surface area contributed by atoms with Crippen molar-refractivity contribution in [2.75, 3.05) is 52.9 Å². The number of benzene rings is 1. The van der Waals surface area contributed by atoms with Gasteiger partial charge in [-0.1, -0.05) is 26.0 Å². The fraction of sp³-hybridized carbons (Fsp3) is 0.632. The summed E-state index contributed by atoms with van der Waals surface area (Å²) >= 11 is 0. The molecule has 6 heteroatoms. The second-order valence-corrected chi connectivity index (χ2v) is 6.78. The summed E-state index contributed by atoms with van der Waals surface area (Å²) in [5.74, 6) is 1.09. The molecule has 1 aliphatic rings. The number of nitrogens with zero attached hydrogens (tertiary/aromatic N) is 3. The van der Waals surface area contributed by atoms with Crippen molar-refractivity contribution in [1.82, 2.24) is 20.4 Å². The Morgan fingerprint density at radius 3 is 2.56 bits per heavy atom. The van der Waals surface area contributed by atoms with Gasteiger partial charge in [0.15, 0.2) is 5.96 Å². The van der Waals surface area contributed by atoms with Gasteiger partial charge < -0.3 is 20.4 Å². The molecular formula is C19H32FN5. The highest BCUT2D eigenvalue weighted by atomic mass is 19.1. The van der Waals surface area contributed by atoms with Crippen LogP contribution in [0, 0.1) is 11.7 Å². The van der Waals surface area contributed by atoms with Gasteiger partial charge >= 0.3 is 0 Å². The fourth-order valence-electron chi connectivity index (χ4n) is 3.12. The lowest BCUT2D eigenvalue weighted by Gasteiger charge is -2.35. The van der Waals surface area contributed by atoms with E-state index in [4.69, 9.17) is 0 Å².